The number of nitrogens with two attached hydrogens (primary N) is 2. The van der Waals surface area contributed by atoms with Gasteiger partial charge in [-0.3, -0.25) is 0 Å². The van der Waals surface area contributed by atoms with Crippen molar-refractivity contribution in [3.63, 3.8) is 0 Å². The van der Waals surface area contributed by atoms with Crippen molar-refractivity contribution in [2.45, 2.75) is 51.7 Å². The zero-order chi connectivity index (χ0) is 14.3. The predicted molar refractivity (Wildman–Crippen MR) is 76.3 cm³/mol. The highest BCUT2D eigenvalue weighted by atomic mass is 16.5. The molecule has 0 saturated carbocycles. The summed E-state index contributed by atoms with van der Waals surface area (Å²) in [4.78, 5) is 0. The molecule has 0 amide bonds. The van der Waals surface area contributed by atoms with Crippen molar-refractivity contribution < 1.29 is 9.47 Å². The molecule has 0 aliphatic carbocycles. The molecule has 1 saturated heterocycles. The molecular formula is C15H26N2O2. The fourth-order valence-electron chi connectivity index (χ4n) is 3.17. The number of hydrogen-bond donors (Lipinski definition) is 2. The molecule has 0 bridgehead atoms. The van der Waals surface area contributed by atoms with Gasteiger partial charge in [-0.25, -0.2) is 0 Å². The SMILES string of the molecule is C/C(=C/N)C1=C(N)C2(CCOCC2)OC1(C)C(C)C. The fraction of sp³-hybridized carbons (Fsp3) is 0.733. The van der Waals surface area contributed by atoms with Crippen molar-refractivity contribution in [2.75, 3.05) is 13.2 Å². The second kappa shape index (κ2) is 4.84. The quantitative estimate of drug-likeness (QED) is 0.802. The van der Waals surface area contributed by atoms with Crippen LogP contribution in [0.2, 0.25) is 0 Å². The summed E-state index contributed by atoms with van der Waals surface area (Å²) in [6.07, 6.45) is 3.27. The Morgan fingerprint density at radius 1 is 1.32 bits per heavy atom. The molecule has 108 valence electrons. The molecule has 0 aromatic carbocycles. The maximum absolute atomic E-state index is 6.51. The molecule has 0 aromatic heterocycles. The van der Waals surface area contributed by atoms with Crippen molar-refractivity contribution in [2.24, 2.45) is 17.4 Å². The van der Waals surface area contributed by atoms with E-state index in [2.05, 4.69) is 20.8 Å². The van der Waals surface area contributed by atoms with E-state index in [1.165, 1.54) is 0 Å². The van der Waals surface area contributed by atoms with Crippen LogP contribution in [0.3, 0.4) is 0 Å². The van der Waals surface area contributed by atoms with E-state index in [0.29, 0.717) is 19.1 Å². The van der Waals surface area contributed by atoms with Gasteiger partial charge in [0.05, 0.1) is 5.60 Å². The van der Waals surface area contributed by atoms with Gasteiger partial charge in [0, 0.05) is 37.3 Å². The Balaban J connectivity index is 2.52. The molecule has 4 N–H and O–H groups in total. The fourth-order valence-corrected chi connectivity index (χ4v) is 3.17. The summed E-state index contributed by atoms with van der Waals surface area (Å²) in [7, 11) is 0. The van der Waals surface area contributed by atoms with E-state index >= 15 is 0 Å². The van der Waals surface area contributed by atoms with E-state index in [-0.39, 0.29) is 11.2 Å². The van der Waals surface area contributed by atoms with Crippen molar-refractivity contribution in [3.05, 3.63) is 23.0 Å². The Hall–Kier alpha value is -1.00. The summed E-state index contributed by atoms with van der Waals surface area (Å²) in [6.45, 7) is 9.85. The highest BCUT2D eigenvalue weighted by molar-refractivity contribution is 5.47. The normalized spacial score (nSPS) is 31.5. The standard InChI is InChI=1S/C15H26N2O2/c1-10(2)14(4)12(11(3)9-16)13(17)15(19-14)5-7-18-8-6-15/h9-10H,5-8,16-17H2,1-4H3/b11-9-. The molecule has 1 fully saturated rings. The Kier molecular flexibility index (Phi) is 3.67. The molecule has 4 heteroatoms. The van der Waals surface area contributed by atoms with Crippen LogP contribution in [0.25, 0.3) is 0 Å². The Labute approximate surface area is 115 Å². The van der Waals surface area contributed by atoms with Crippen LogP contribution < -0.4 is 11.5 Å². The van der Waals surface area contributed by atoms with E-state index in [1.54, 1.807) is 6.20 Å². The lowest BCUT2D eigenvalue weighted by atomic mass is 9.80. The summed E-state index contributed by atoms with van der Waals surface area (Å²) in [5.41, 5.74) is 14.4. The minimum absolute atomic E-state index is 0.332. The smallest absolute Gasteiger partial charge is 0.113 e. The summed E-state index contributed by atoms with van der Waals surface area (Å²) < 4.78 is 12.0. The van der Waals surface area contributed by atoms with Crippen molar-refractivity contribution in [1.29, 1.82) is 0 Å². The molecular weight excluding hydrogens is 240 g/mol. The molecule has 0 radical (unpaired) electrons. The second-order valence-electron chi connectivity index (χ2n) is 6.11. The average Bonchev–Trinajstić information content (AvgIpc) is 2.59. The lowest BCUT2D eigenvalue weighted by Gasteiger charge is -2.39. The third kappa shape index (κ3) is 2.07. The van der Waals surface area contributed by atoms with Gasteiger partial charge in [0.15, 0.2) is 0 Å². The maximum Gasteiger partial charge on any atom is 0.113 e. The van der Waals surface area contributed by atoms with Crippen LogP contribution in [-0.2, 0) is 9.47 Å². The summed E-state index contributed by atoms with van der Waals surface area (Å²) in [5, 5.41) is 0. The van der Waals surface area contributed by atoms with Crippen LogP contribution in [0.15, 0.2) is 23.0 Å². The zero-order valence-corrected chi connectivity index (χ0v) is 12.5. The van der Waals surface area contributed by atoms with Crippen LogP contribution >= 0.6 is 0 Å². The van der Waals surface area contributed by atoms with Gasteiger partial charge < -0.3 is 20.9 Å². The molecule has 2 aliphatic heterocycles. The molecule has 4 nitrogen and oxygen atoms in total. The second-order valence-corrected chi connectivity index (χ2v) is 6.11. The van der Waals surface area contributed by atoms with Crippen LogP contribution in [0.4, 0.5) is 0 Å². The van der Waals surface area contributed by atoms with E-state index in [1.807, 2.05) is 6.92 Å². The van der Waals surface area contributed by atoms with Crippen molar-refractivity contribution in [3.8, 4) is 0 Å². The first kappa shape index (κ1) is 14.4. The molecule has 1 unspecified atom stereocenters. The number of rotatable bonds is 2. The Bertz CT molecular complexity index is 420. The van der Waals surface area contributed by atoms with Gasteiger partial charge in [0.1, 0.15) is 5.60 Å². The molecule has 2 rings (SSSR count). The van der Waals surface area contributed by atoms with E-state index < -0.39 is 0 Å². The highest BCUT2D eigenvalue weighted by Gasteiger charge is 2.53. The summed E-state index contributed by atoms with van der Waals surface area (Å²) in [6, 6.07) is 0. The summed E-state index contributed by atoms with van der Waals surface area (Å²) >= 11 is 0. The van der Waals surface area contributed by atoms with E-state index in [4.69, 9.17) is 20.9 Å². The van der Waals surface area contributed by atoms with Crippen molar-refractivity contribution in [1.82, 2.24) is 0 Å². The maximum atomic E-state index is 6.51. The van der Waals surface area contributed by atoms with Crippen molar-refractivity contribution >= 4 is 0 Å². The van der Waals surface area contributed by atoms with Crippen LogP contribution in [0, 0.1) is 5.92 Å². The van der Waals surface area contributed by atoms with Gasteiger partial charge in [-0.15, -0.1) is 0 Å². The largest absolute Gasteiger partial charge is 0.404 e. The zero-order valence-electron chi connectivity index (χ0n) is 12.5. The molecule has 2 heterocycles. The van der Waals surface area contributed by atoms with Crippen LogP contribution in [-0.4, -0.2) is 24.4 Å². The Morgan fingerprint density at radius 3 is 2.37 bits per heavy atom. The monoisotopic (exact) mass is 266 g/mol. The van der Waals surface area contributed by atoms with E-state index in [9.17, 15) is 0 Å². The minimum Gasteiger partial charge on any atom is -0.404 e. The van der Waals surface area contributed by atoms with Gasteiger partial charge in [-0.2, -0.15) is 0 Å². The van der Waals surface area contributed by atoms with Gasteiger partial charge >= 0.3 is 0 Å². The highest BCUT2D eigenvalue weighted by Crippen LogP contribution is 2.50. The minimum atomic E-state index is -0.374. The summed E-state index contributed by atoms with van der Waals surface area (Å²) in [5.74, 6) is 0.332. The lowest BCUT2D eigenvalue weighted by molar-refractivity contribution is -0.145. The first-order valence-corrected chi connectivity index (χ1v) is 7.05. The van der Waals surface area contributed by atoms with Gasteiger partial charge in [0.25, 0.3) is 0 Å². The third-order valence-electron chi connectivity index (χ3n) is 4.71. The van der Waals surface area contributed by atoms with Gasteiger partial charge in [-0.05, 0) is 31.5 Å². The molecule has 0 aromatic rings. The van der Waals surface area contributed by atoms with E-state index in [0.717, 1.165) is 29.7 Å². The molecule has 1 atom stereocenters. The first-order valence-electron chi connectivity index (χ1n) is 7.05. The predicted octanol–water partition coefficient (Wildman–Crippen LogP) is 2.06. The van der Waals surface area contributed by atoms with Gasteiger partial charge in [-0.1, -0.05) is 13.8 Å². The topological polar surface area (TPSA) is 70.5 Å². The molecule has 2 aliphatic rings. The van der Waals surface area contributed by atoms with Crippen LogP contribution in [0.5, 0.6) is 0 Å². The molecule has 19 heavy (non-hydrogen) atoms. The number of hydrogen-bond acceptors (Lipinski definition) is 4. The van der Waals surface area contributed by atoms with Crippen LogP contribution in [0.1, 0.15) is 40.5 Å². The first-order chi connectivity index (χ1) is 8.87. The molecule has 1 spiro atoms. The Morgan fingerprint density at radius 2 is 1.89 bits per heavy atom. The lowest BCUT2D eigenvalue weighted by Crippen LogP contribution is -2.45. The average molecular weight is 266 g/mol. The number of ether oxygens (including phenoxy) is 2. The third-order valence-corrected chi connectivity index (χ3v) is 4.71. The van der Waals surface area contributed by atoms with Gasteiger partial charge in [0.2, 0.25) is 0 Å².